The van der Waals surface area contributed by atoms with Crippen LogP contribution in [0.25, 0.3) is 10.8 Å². The number of fused-ring (bicyclic) bond motifs is 1. The van der Waals surface area contributed by atoms with Crippen molar-refractivity contribution in [2.45, 2.75) is 19.9 Å². The molecule has 0 unspecified atom stereocenters. The molecule has 0 spiro atoms. The maximum atomic E-state index is 5.17. The minimum absolute atomic E-state index is 0.699. The molecule has 0 fully saturated rings. The molecule has 21 heavy (non-hydrogen) atoms. The van der Waals surface area contributed by atoms with Crippen LogP contribution in [0, 0.1) is 0 Å². The fourth-order valence-electron chi connectivity index (χ4n) is 2.34. The van der Waals surface area contributed by atoms with Gasteiger partial charge in [0.05, 0.1) is 12.3 Å². The summed E-state index contributed by atoms with van der Waals surface area (Å²) >= 11 is 0. The van der Waals surface area contributed by atoms with E-state index in [1.807, 2.05) is 0 Å². The molecule has 0 radical (unpaired) electrons. The molecule has 114 valence electrons. The summed E-state index contributed by atoms with van der Waals surface area (Å²) in [6.45, 7) is 5.53. The first-order valence-corrected chi connectivity index (χ1v) is 7.55. The molecule has 2 rings (SSSR count). The van der Waals surface area contributed by atoms with Crippen LogP contribution >= 0.6 is 0 Å². The summed E-state index contributed by atoms with van der Waals surface area (Å²) in [7, 11) is 3.79. The van der Waals surface area contributed by atoms with Crippen LogP contribution in [0.15, 0.2) is 30.3 Å². The lowest BCUT2D eigenvalue weighted by Crippen LogP contribution is -2.24. The van der Waals surface area contributed by atoms with Gasteiger partial charge in [-0.1, -0.05) is 31.2 Å². The van der Waals surface area contributed by atoms with Crippen molar-refractivity contribution in [1.82, 2.24) is 10.3 Å². The topological polar surface area (TPSA) is 37.4 Å². The number of hydrogen-bond donors (Lipinski definition) is 1. The first kappa shape index (κ1) is 15.7. The summed E-state index contributed by atoms with van der Waals surface area (Å²) in [6.07, 6.45) is 1.13. The Bertz CT molecular complexity index is 571. The van der Waals surface area contributed by atoms with E-state index in [0.29, 0.717) is 6.61 Å². The Hall–Kier alpha value is -1.65. The minimum atomic E-state index is 0.699. The lowest BCUT2D eigenvalue weighted by molar-refractivity contribution is 0.206. The first-order valence-electron chi connectivity index (χ1n) is 7.55. The lowest BCUT2D eigenvalue weighted by Gasteiger charge is -2.20. The molecule has 0 amide bonds. The third-order valence-corrected chi connectivity index (χ3v) is 3.50. The number of anilines is 1. The smallest absolute Gasteiger partial charge is 0.136 e. The van der Waals surface area contributed by atoms with Gasteiger partial charge in [0.2, 0.25) is 0 Å². The number of hydrogen-bond acceptors (Lipinski definition) is 4. The highest BCUT2D eigenvalue weighted by molar-refractivity contribution is 5.92. The number of rotatable bonds is 8. The third-order valence-electron chi connectivity index (χ3n) is 3.50. The van der Waals surface area contributed by atoms with Crippen LogP contribution in [0.1, 0.15) is 19.0 Å². The van der Waals surface area contributed by atoms with Gasteiger partial charge < -0.3 is 15.0 Å². The molecule has 0 aliphatic rings. The normalized spacial score (nSPS) is 11.0. The SMILES string of the molecule is CCCNCc1cc2ccccc2c(N(C)CCOC)n1. The molecular weight excluding hydrogens is 262 g/mol. The lowest BCUT2D eigenvalue weighted by atomic mass is 10.1. The van der Waals surface area contributed by atoms with E-state index in [0.717, 1.165) is 37.6 Å². The van der Waals surface area contributed by atoms with Gasteiger partial charge in [0, 0.05) is 32.6 Å². The van der Waals surface area contributed by atoms with E-state index < -0.39 is 0 Å². The predicted molar refractivity (Wildman–Crippen MR) is 88.9 cm³/mol. The van der Waals surface area contributed by atoms with Crippen LogP contribution < -0.4 is 10.2 Å². The molecule has 0 aliphatic heterocycles. The fourth-order valence-corrected chi connectivity index (χ4v) is 2.34. The molecule has 1 aromatic carbocycles. The maximum absolute atomic E-state index is 5.17. The molecule has 0 aliphatic carbocycles. The van der Waals surface area contributed by atoms with Crippen molar-refractivity contribution in [2.24, 2.45) is 0 Å². The van der Waals surface area contributed by atoms with Gasteiger partial charge in [-0.15, -0.1) is 0 Å². The van der Waals surface area contributed by atoms with Crippen molar-refractivity contribution in [3.05, 3.63) is 36.0 Å². The van der Waals surface area contributed by atoms with E-state index >= 15 is 0 Å². The van der Waals surface area contributed by atoms with E-state index in [1.54, 1.807) is 7.11 Å². The molecule has 0 atom stereocenters. The van der Waals surface area contributed by atoms with Gasteiger partial charge in [0.1, 0.15) is 5.82 Å². The van der Waals surface area contributed by atoms with Gasteiger partial charge in [-0.25, -0.2) is 4.98 Å². The van der Waals surface area contributed by atoms with Crippen molar-refractivity contribution in [3.8, 4) is 0 Å². The van der Waals surface area contributed by atoms with Gasteiger partial charge in [-0.2, -0.15) is 0 Å². The number of nitrogens with zero attached hydrogens (tertiary/aromatic N) is 2. The second-order valence-electron chi connectivity index (χ2n) is 5.25. The van der Waals surface area contributed by atoms with Gasteiger partial charge in [0.15, 0.2) is 0 Å². The second-order valence-corrected chi connectivity index (χ2v) is 5.25. The average Bonchev–Trinajstić information content (AvgIpc) is 2.52. The van der Waals surface area contributed by atoms with Crippen LogP contribution in [0.3, 0.4) is 0 Å². The number of benzene rings is 1. The second kappa shape index (κ2) is 7.96. The predicted octanol–water partition coefficient (Wildman–Crippen LogP) is 2.82. The zero-order valence-corrected chi connectivity index (χ0v) is 13.2. The molecule has 0 saturated heterocycles. The molecule has 1 heterocycles. The highest BCUT2D eigenvalue weighted by Crippen LogP contribution is 2.25. The summed E-state index contributed by atoms with van der Waals surface area (Å²) in [5.74, 6) is 1.03. The molecule has 0 saturated carbocycles. The monoisotopic (exact) mass is 287 g/mol. The van der Waals surface area contributed by atoms with E-state index in [9.17, 15) is 0 Å². The summed E-state index contributed by atoms with van der Waals surface area (Å²) in [6, 6.07) is 10.6. The fraction of sp³-hybridized carbons (Fsp3) is 0.471. The number of pyridine rings is 1. The van der Waals surface area contributed by atoms with Crippen LogP contribution in [-0.2, 0) is 11.3 Å². The number of methoxy groups -OCH3 is 1. The summed E-state index contributed by atoms with van der Waals surface area (Å²) in [5, 5.41) is 5.85. The Labute approximate surface area is 127 Å². The van der Waals surface area contributed by atoms with Gasteiger partial charge in [0.25, 0.3) is 0 Å². The van der Waals surface area contributed by atoms with E-state index in [4.69, 9.17) is 9.72 Å². The van der Waals surface area contributed by atoms with Gasteiger partial charge in [-0.3, -0.25) is 0 Å². The standard InChI is InChI=1S/C17H25N3O/c1-4-9-18-13-15-12-14-7-5-6-8-16(14)17(19-15)20(2)10-11-21-3/h5-8,12,18H,4,9-11,13H2,1-3H3. The van der Waals surface area contributed by atoms with Gasteiger partial charge in [-0.05, 0) is 24.4 Å². The molecule has 2 aromatic rings. The molecule has 4 heteroatoms. The van der Waals surface area contributed by atoms with Crippen LogP contribution in [0.2, 0.25) is 0 Å². The summed E-state index contributed by atoms with van der Waals surface area (Å²) in [5.41, 5.74) is 1.08. The first-order chi connectivity index (χ1) is 10.3. The number of likely N-dealkylation sites (N-methyl/N-ethyl adjacent to an activating group) is 1. The van der Waals surface area contributed by atoms with Crippen LogP contribution in [-0.4, -0.2) is 38.8 Å². The van der Waals surface area contributed by atoms with Gasteiger partial charge >= 0.3 is 0 Å². The Kier molecular flexibility index (Phi) is 5.96. The molecule has 0 bridgehead atoms. The molecule has 1 aromatic heterocycles. The molecular formula is C17H25N3O. The maximum Gasteiger partial charge on any atom is 0.136 e. The van der Waals surface area contributed by atoms with Crippen molar-refractivity contribution < 1.29 is 4.74 Å². The van der Waals surface area contributed by atoms with Crippen molar-refractivity contribution in [1.29, 1.82) is 0 Å². The van der Waals surface area contributed by atoms with Crippen molar-refractivity contribution in [2.75, 3.05) is 38.8 Å². The number of ether oxygens (including phenoxy) is 1. The summed E-state index contributed by atoms with van der Waals surface area (Å²) < 4.78 is 5.17. The van der Waals surface area contributed by atoms with Crippen molar-refractivity contribution >= 4 is 16.6 Å². The average molecular weight is 287 g/mol. The van der Waals surface area contributed by atoms with E-state index in [2.05, 4.69) is 54.5 Å². The molecule has 1 N–H and O–H groups in total. The highest BCUT2D eigenvalue weighted by Gasteiger charge is 2.09. The Morgan fingerprint density at radius 3 is 2.86 bits per heavy atom. The Morgan fingerprint density at radius 2 is 2.10 bits per heavy atom. The largest absolute Gasteiger partial charge is 0.383 e. The van der Waals surface area contributed by atoms with Crippen molar-refractivity contribution in [3.63, 3.8) is 0 Å². The number of nitrogens with one attached hydrogen (secondary N) is 1. The highest BCUT2D eigenvalue weighted by atomic mass is 16.5. The zero-order valence-electron chi connectivity index (χ0n) is 13.2. The Balaban J connectivity index is 2.31. The number of aromatic nitrogens is 1. The quantitative estimate of drug-likeness (QED) is 0.758. The summed E-state index contributed by atoms with van der Waals surface area (Å²) in [4.78, 5) is 7.00. The third kappa shape index (κ3) is 4.16. The minimum Gasteiger partial charge on any atom is -0.383 e. The zero-order chi connectivity index (χ0) is 15.1. The van der Waals surface area contributed by atoms with E-state index in [1.165, 1.54) is 10.8 Å². The van der Waals surface area contributed by atoms with E-state index in [-0.39, 0.29) is 0 Å². The molecule has 4 nitrogen and oxygen atoms in total. The Morgan fingerprint density at radius 1 is 1.29 bits per heavy atom. The van der Waals surface area contributed by atoms with Crippen LogP contribution in [0.5, 0.6) is 0 Å². The van der Waals surface area contributed by atoms with Crippen LogP contribution in [0.4, 0.5) is 5.82 Å².